The summed E-state index contributed by atoms with van der Waals surface area (Å²) in [6.45, 7) is 1.05. The number of carbonyl (C=O) groups excluding carboxylic acids is 1. The molecule has 4 aromatic rings. The average molecular weight is 375 g/mol. The van der Waals surface area contributed by atoms with Crippen molar-refractivity contribution in [3.05, 3.63) is 72.8 Å². The molecule has 0 atom stereocenters. The number of nitrogens with one attached hydrogen (secondary N) is 2. The van der Waals surface area contributed by atoms with Crippen molar-refractivity contribution in [3.8, 4) is 10.4 Å². The molecule has 6 nitrogen and oxygen atoms in total. The van der Waals surface area contributed by atoms with E-state index < -0.39 is 0 Å². The first-order valence-corrected chi connectivity index (χ1v) is 9.35. The van der Waals surface area contributed by atoms with Crippen LogP contribution < -0.4 is 10.6 Å². The number of fused-ring (bicyclic) bond motifs is 1. The van der Waals surface area contributed by atoms with Gasteiger partial charge in [-0.3, -0.25) is 9.78 Å². The second kappa shape index (κ2) is 7.92. The van der Waals surface area contributed by atoms with Gasteiger partial charge in [0.05, 0.1) is 10.9 Å². The molecule has 0 aliphatic carbocycles. The Morgan fingerprint density at radius 1 is 1.04 bits per heavy atom. The minimum absolute atomic E-state index is 0.139. The van der Waals surface area contributed by atoms with Crippen molar-refractivity contribution in [2.45, 2.75) is 0 Å². The summed E-state index contributed by atoms with van der Waals surface area (Å²) in [7, 11) is 0. The highest BCUT2D eigenvalue weighted by Gasteiger charge is 2.10. The van der Waals surface area contributed by atoms with Crippen molar-refractivity contribution in [2.24, 2.45) is 0 Å². The van der Waals surface area contributed by atoms with Crippen molar-refractivity contribution in [1.82, 2.24) is 20.3 Å². The van der Waals surface area contributed by atoms with E-state index in [1.54, 1.807) is 42.2 Å². The third-order valence-corrected chi connectivity index (χ3v) is 5.11. The quantitative estimate of drug-likeness (QED) is 0.504. The Labute approximate surface area is 160 Å². The number of rotatable bonds is 6. The van der Waals surface area contributed by atoms with Gasteiger partial charge in [-0.15, -0.1) is 11.3 Å². The maximum atomic E-state index is 12.0. The summed E-state index contributed by atoms with van der Waals surface area (Å²) in [5.74, 6) is 0.633. The molecule has 0 aliphatic heterocycles. The van der Waals surface area contributed by atoms with E-state index in [1.165, 1.54) is 0 Å². The number of nitrogens with zero attached hydrogens (tertiary/aromatic N) is 3. The third-order valence-electron chi connectivity index (χ3n) is 4.01. The highest BCUT2D eigenvalue weighted by Crippen LogP contribution is 2.34. The van der Waals surface area contributed by atoms with Crippen molar-refractivity contribution in [3.63, 3.8) is 0 Å². The second-order valence-electron chi connectivity index (χ2n) is 5.84. The monoisotopic (exact) mass is 375 g/mol. The summed E-state index contributed by atoms with van der Waals surface area (Å²) in [5, 5.41) is 7.14. The predicted molar refractivity (Wildman–Crippen MR) is 108 cm³/mol. The van der Waals surface area contributed by atoms with Crippen LogP contribution in [0.5, 0.6) is 0 Å². The van der Waals surface area contributed by atoms with E-state index >= 15 is 0 Å². The van der Waals surface area contributed by atoms with Crippen LogP contribution in [0.25, 0.3) is 20.7 Å². The second-order valence-corrected chi connectivity index (χ2v) is 6.87. The van der Waals surface area contributed by atoms with Gasteiger partial charge in [-0.1, -0.05) is 30.3 Å². The Balaban J connectivity index is 1.42. The molecule has 3 heterocycles. The maximum Gasteiger partial charge on any atom is 0.252 e. The molecular weight excluding hydrogens is 358 g/mol. The smallest absolute Gasteiger partial charge is 0.252 e. The van der Waals surface area contributed by atoms with Gasteiger partial charge in [0.1, 0.15) is 17.0 Å². The first-order valence-electron chi connectivity index (χ1n) is 8.53. The first kappa shape index (κ1) is 17.1. The summed E-state index contributed by atoms with van der Waals surface area (Å²) in [6, 6.07) is 15.8. The lowest BCUT2D eigenvalue weighted by molar-refractivity contribution is 0.0955. The summed E-state index contributed by atoms with van der Waals surface area (Å²) in [4.78, 5) is 26.8. The zero-order valence-electron chi connectivity index (χ0n) is 14.4. The highest BCUT2D eigenvalue weighted by atomic mass is 32.1. The lowest BCUT2D eigenvalue weighted by Crippen LogP contribution is -2.28. The van der Waals surface area contributed by atoms with E-state index in [-0.39, 0.29) is 5.91 Å². The van der Waals surface area contributed by atoms with Gasteiger partial charge in [0.2, 0.25) is 0 Å². The average Bonchev–Trinajstić information content (AvgIpc) is 3.17. The molecule has 1 amide bonds. The van der Waals surface area contributed by atoms with Gasteiger partial charge in [0.15, 0.2) is 0 Å². The molecule has 27 heavy (non-hydrogen) atoms. The fraction of sp³-hybridized carbons (Fsp3) is 0.100. The summed E-state index contributed by atoms with van der Waals surface area (Å²) in [6.07, 6.45) is 4.75. The number of anilines is 1. The molecule has 0 unspecified atom stereocenters. The zero-order chi connectivity index (χ0) is 18.5. The van der Waals surface area contributed by atoms with Gasteiger partial charge in [0, 0.05) is 30.4 Å². The summed E-state index contributed by atoms with van der Waals surface area (Å²) in [5.41, 5.74) is 1.71. The molecule has 4 rings (SSSR count). The topological polar surface area (TPSA) is 79.8 Å². The number of pyridine rings is 1. The molecule has 0 saturated heterocycles. The van der Waals surface area contributed by atoms with Crippen LogP contribution in [0.1, 0.15) is 10.4 Å². The SMILES string of the molecule is O=C(NCCNc1ncnc2sc(-c3ccccc3)cc12)c1cccnc1. The molecule has 0 radical (unpaired) electrons. The first-order chi connectivity index (χ1) is 13.3. The lowest BCUT2D eigenvalue weighted by atomic mass is 10.2. The van der Waals surface area contributed by atoms with Gasteiger partial charge in [0.25, 0.3) is 5.91 Å². The van der Waals surface area contributed by atoms with Crippen LogP contribution in [0.3, 0.4) is 0 Å². The third kappa shape index (κ3) is 3.93. The summed E-state index contributed by atoms with van der Waals surface area (Å²) >= 11 is 1.64. The van der Waals surface area contributed by atoms with Crippen LogP contribution in [0.2, 0.25) is 0 Å². The van der Waals surface area contributed by atoms with Crippen LogP contribution in [-0.4, -0.2) is 33.9 Å². The van der Waals surface area contributed by atoms with Crippen molar-refractivity contribution < 1.29 is 4.79 Å². The Hall–Kier alpha value is -3.32. The minimum atomic E-state index is -0.139. The number of hydrogen-bond acceptors (Lipinski definition) is 6. The standard InChI is InChI=1S/C20H17N5OS/c26-19(15-7-4-8-21-12-15)23-10-9-22-18-16-11-17(14-5-2-1-3-6-14)27-20(16)25-13-24-18/h1-8,11-13H,9-10H2,(H,23,26)(H,22,24,25). The Morgan fingerprint density at radius 3 is 2.74 bits per heavy atom. The molecular formula is C20H17N5OS. The van der Waals surface area contributed by atoms with Crippen LogP contribution in [0.15, 0.2) is 67.3 Å². The molecule has 3 aromatic heterocycles. The number of aromatic nitrogens is 3. The molecule has 0 aliphatic rings. The summed E-state index contributed by atoms with van der Waals surface area (Å²) < 4.78 is 0. The largest absolute Gasteiger partial charge is 0.368 e. The molecule has 0 fully saturated rings. The van der Waals surface area contributed by atoms with E-state index in [0.717, 1.165) is 26.5 Å². The molecule has 0 saturated carbocycles. The van der Waals surface area contributed by atoms with Gasteiger partial charge in [-0.25, -0.2) is 9.97 Å². The molecule has 0 spiro atoms. The fourth-order valence-electron chi connectivity index (χ4n) is 2.70. The van der Waals surface area contributed by atoms with E-state index in [4.69, 9.17) is 0 Å². The van der Waals surface area contributed by atoms with E-state index in [9.17, 15) is 4.79 Å². The molecule has 1 aromatic carbocycles. The van der Waals surface area contributed by atoms with Gasteiger partial charge in [-0.05, 0) is 23.8 Å². The Kier molecular flexibility index (Phi) is 5.02. The highest BCUT2D eigenvalue weighted by molar-refractivity contribution is 7.21. The molecule has 2 N–H and O–H groups in total. The minimum Gasteiger partial charge on any atom is -0.368 e. The van der Waals surface area contributed by atoms with Crippen LogP contribution in [-0.2, 0) is 0 Å². The number of benzene rings is 1. The number of thiophene rings is 1. The van der Waals surface area contributed by atoms with E-state index in [2.05, 4.69) is 43.8 Å². The van der Waals surface area contributed by atoms with Crippen LogP contribution >= 0.6 is 11.3 Å². The fourth-order valence-corrected chi connectivity index (χ4v) is 3.70. The zero-order valence-corrected chi connectivity index (χ0v) is 15.2. The maximum absolute atomic E-state index is 12.0. The Bertz CT molecular complexity index is 1050. The van der Waals surface area contributed by atoms with Crippen LogP contribution in [0.4, 0.5) is 5.82 Å². The molecule has 0 bridgehead atoms. The van der Waals surface area contributed by atoms with Gasteiger partial charge in [-0.2, -0.15) is 0 Å². The van der Waals surface area contributed by atoms with Crippen molar-refractivity contribution in [1.29, 1.82) is 0 Å². The van der Waals surface area contributed by atoms with Crippen molar-refractivity contribution >= 4 is 33.3 Å². The predicted octanol–water partition coefficient (Wildman–Crippen LogP) is 3.60. The molecule has 134 valence electrons. The number of amides is 1. The Morgan fingerprint density at radius 2 is 1.93 bits per heavy atom. The lowest BCUT2D eigenvalue weighted by Gasteiger charge is -2.07. The van der Waals surface area contributed by atoms with E-state index in [0.29, 0.717) is 18.7 Å². The number of carbonyl (C=O) groups is 1. The van der Waals surface area contributed by atoms with Crippen LogP contribution in [0, 0.1) is 0 Å². The number of hydrogen-bond donors (Lipinski definition) is 2. The molecule has 7 heteroatoms. The normalized spacial score (nSPS) is 10.7. The van der Waals surface area contributed by atoms with Crippen molar-refractivity contribution in [2.75, 3.05) is 18.4 Å². The van der Waals surface area contributed by atoms with Gasteiger partial charge < -0.3 is 10.6 Å². The van der Waals surface area contributed by atoms with E-state index in [1.807, 2.05) is 18.2 Å². The van der Waals surface area contributed by atoms with Gasteiger partial charge >= 0.3 is 0 Å².